The number of hydrogen-bond donors (Lipinski definition) is 1. The van der Waals surface area contributed by atoms with Crippen molar-refractivity contribution in [3.8, 4) is 0 Å². The van der Waals surface area contributed by atoms with Crippen molar-refractivity contribution in [3.05, 3.63) is 22.5 Å². The fraction of sp³-hybridized carbons (Fsp3) is 0.682. The van der Waals surface area contributed by atoms with E-state index in [4.69, 9.17) is 4.74 Å². The molecule has 1 fully saturated rings. The molecular weight excluding hydrogens is 344 g/mol. The summed E-state index contributed by atoms with van der Waals surface area (Å²) in [7, 11) is 0. The molecule has 0 amide bonds. The largest absolute Gasteiger partial charge is 0.422 e. The van der Waals surface area contributed by atoms with Crippen LogP contribution < -0.4 is 0 Å². The second kappa shape index (κ2) is 6.40. The summed E-state index contributed by atoms with van der Waals surface area (Å²) >= 11 is 0. The van der Waals surface area contributed by atoms with E-state index in [0.29, 0.717) is 12.0 Å². The Kier molecular flexibility index (Phi) is 4.74. The lowest BCUT2D eigenvalue weighted by Crippen LogP contribution is -2.53. The number of carbonyl (C=O) groups is 3. The predicted octanol–water partition coefficient (Wildman–Crippen LogP) is 3.51. The second-order valence-electron chi connectivity index (χ2n) is 9.50. The average molecular weight is 374 g/mol. The molecule has 0 aromatic heterocycles. The molecule has 0 aromatic carbocycles. The zero-order valence-corrected chi connectivity index (χ0v) is 17.1. The standard InChI is InChI=1S/C22H30O5/c1-11(2)15-18(25)16-13(24)10-14-21(4,5)8-7-9-22(14,6)17(16)19(26)20(15)27-12(3)23/h11,13-14,24H,7-10H2,1-6H3. The van der Waals surface area contributed by atoms with Gasteiger partial charge in [0.2, 0.25) is 5.78 Å². The smallest absolute Gasteiger partial charge is 0.308 e. The number of allylic oxidation sites excluding steroid dienone is 2. The van der Waals surface area contributed by atoms with Gasteiger partial charge in [0.25, 0.3) is 0 Å². The Labute approximate surface area is 160 Å². The molecule has 3 atom stereocenters. The van der Waals surface area contributed by atoms with E-state index in [1.807, 2.05) is 6.92 Å². The molecule has 3 rings (SSSR count). The van der Waals surface area contributed by atoms with Crippen molar-refractivity contribution in [2.24, 2.45) is 22.7 Å². The molecule has 27 heavy (non-hydrogen) atoms. The van der Waals surface area contributed by atoms with Gasteiger partial charge in [-0.1, -0.05) is 41.0 Å². The first-order valence-corrected chi connectivity index (χ1v) is 9.86. The normalized spacial score (nSPS) is 33.2. The van der Waals surface area contributed by atoms with Gasteiger partial charge in [-0.3, -0.25) is 14.4 Å². The van der Waals surface area contributed by atoms with Crippen LogP contribution in [0, 0.1) is 22.7 Å². The monoisotopic (exact) mass is 374 g/mol. The summed E-state index contributed by atoms with van der Waals surface area (Å²) in [4.78, 5) is 38.5. The summed E-state index contributed by atoms with van der Waals surface area (Å²) in [6.07, 6.45) is 2.29. The maximum absolute atomic E-state index is 13.5. The summed E-state index contributed by atoms with van der Waals surface area (Å²) in [5, 5.41) is 10.9. The molecule has 0 heterocycles. The zero-order valence-electron chi connectivity index (χ0n) is 17.1. The molecule has 1 saturated carbocycles. The molecule has 5 nitrogen and oxygen atoms in total. The van der Waals surface area contributed by atoms with Gasteiger partial charge in [0.15, 0.2) is 11.5 Å². The SMILES string of the molecule is CC(=O)OC1=C(C(C)C)C(=O)C2=C(C1=O)C1(C)CCCC(C)(C)C1CC2O. The van der Waals surface area contributed by atoms with E-state index in [2.05, 4.69) is 13.8 Å². The molecule has 148 valence electrons. The highest BCUT2D eigenvalue weighted by atomic mass is 16.5. The van der Waals surface area contributed by atoms with Gasteiger partial charge >= 0.3 is 5.97 Å². The molecule has 3 aliphatic rings. The van der Waals surface area contributed by atoms with Crippen LogP contribution in [-0.2, 0) is 19.1 Å². The van der Waals surface area contributed by atoms with Gasteiger partial charge in [-0.2, -0.15) is 0 Å². The highest BCUT2D eigenvalue weighted by Crippen LogP contribution is 2.61. The molecule has 0 bridgehead atoms. The first-order chi connectivity index (χ1) is 12.4. The Hall–Kier alpha value is -1.75. The molecule has 0 saturated heterocycles. The minimum absolute atomic E-state index is 0.0422. The highest BCUT2D eigenvalue weighted by molar-refractivity contribution is 6.26. The van der Waals surface area contributed by atoms with Gasteiger partial charge in [-0.15, -0.1) is 0 Å². The Morgan fingerprint density at radius 1 is 1.15 bits per heavy atom. The second-order valence-corrected chi connectivity index (χ2v) is 9.50. The van der Waals surface area contributed by atoms with Crippen LogP contribution in [0.5, 0.6) is 0 Å². The number of aliphatic hydroxyl groups is 1. The molecule has 5 heteroatoms. The number of fused-ring (bicyclic) bond motifs is 2. The maximum atomic E-state index is 13.5. The number of esters is 1. The lowest BCUT2D eigenvalue weighted by Gasteiger charge is -2.56. The molecule has 0 aliphatic heterocycles. The molecule has 0 radical (unpaired) electrons. The average Bonchev–Trinajstić information content (AvgIpc) is 2.52. The van der Waals surface area contributed by atoms with Gasteiger partial charge in [-0.05, 0) is 36.5 Å². The number of ether oxygens (including phenoxy) is 1. The molecular formula is C22H30O5. The van der Waals surface area contributed by atoms with Crippen molar-refractivity contribution < 1.29 is 24.2 Å². The number of hydrogen-bond acceptors (Lipinski definition) is 5. The minimum atomic E-state index is -0.959. The van der Waals surface area contributed by atoms with Crippen LogP contribution in [0.15, 0.2) is 22.5 Å². The lowest BCUT2D eigenvalue weighted by atomic mass is 9.48. The van der Waals surface area contributed by atoms with Gasteiger partial charge in [0.05, 0.1) is 6.10 Å². The maximum Gasteiger partial charge on any atom is 0.308 e. The number of aliphatic hydroxyl groups excluding tert-OH is 1. The highest BCUT2D eigenvalue weighted by Gasteiger charge is 2.57. The van der Waals surface area contributed by atoms with Crippen LogP contribution in [0.25, 0.3) is 0 Å². The van der Waals surface area contributed by atoms with Crippen molar-refractivity contribution in [2.45, 2.75) is 73.3 Å². The molecule has 0 spiro atoms. The number of rotatable bonds is 2. The topological polar surface area (TPSA) is 80.7 Å². The Bertz CT molecular complexity index is 783. The van der Waals surface area contributed by atoms with Crippen molar-refractivity contribution in [2.75, 3.05) is 0 Å². The van der Waals surface area contributed by atoms with E-state index in [1.165, 1.54) is 6.92 Å². The van der Waals surface area contributed by atoms with Crippen molar-refractivity contribution in [1.29, 1.82) is 0 Å². The summed E-state index contributed by atoms with van der Waals surface area (Å²) in [5.74, 6) is -1.69. The van der Waals surface area contributed by atoms with E-state index in [0.717, 1.165) is 19.3 Å². The summed E-state index contributed by atoms with van der Waals surface area (Å²) in [6.45, 7) is 11.2. The van der Waals surface area contributed by atoms with Gasteiger partial charge < -0.3 is 9.84 Å². The Morgan fingerprint density at radius 3 is 2.33 bits per heavy atom. The minimum Gasteiger partial charge on any atom is -0.422 e. The molecule has 1 N–H and O–H groups in total. The quantitative estimate of drug-likeness (QED) is 0.591. The third-order valence-corrected chi connectivity index (χ3v) is 6.85. The summed E-state index contributed by atoms with van der Waals surface area (Å²) in [5.41, 5.74) is 0.266. The first kappa shape index (κ1) is 20.0. The summed E-state index contributed by atoms with van der Waals surface area (Å²) < 4.78 is 5.26. The summed E-state index contributed by atoms with van der Waals surface area (Å²) in [6, 6.07) is 0. The van der Waals surface area contributed by atoms with Gasteiger partial charge in [-0.25, -0.2) is 0 Å². The van der Waals surface area contributed by atoms with Crippen molar-refractivity contribution >= 4 is 17.5 Å². The van der Waals surface area contributed by atoms with Gasteiger partial charge in [0.1, 0.15) is 0 Å². The van der Waals surface area contributed by atoms with E-state index in [-0.39, 0.29) is 39.9 Å². The van der Waals surface area contributed by atoms with Crippen molar-refractivity contribution in [3.63, 3.8) is 0 Å². The van der Waals surface area contributed by atoms with E-state index in [1.54, 1.807) is 13.8 Å². The van der Waals surface area contributed by atoms with E-state index < -0.39 is 23.3 Å². The van der Waals surface area contributed by atoms with Gasteiger partial charge in [0, 0.05) is 29.1 Å². The predicted molar refractivity (Wildman–Crippen MR) is 101 cm³/mol. The molecule has 3 aliphatic carbocycles. The van der Waals surface area contributed by atoms with Crippen LogP contribution >= 0.6 is 0 Å². The fourth-order valence-electron chi connectivity index (χ4n) is 5.72. The third kappa shape index (κ3) is 2.91. The molecule has 0 aromatic rings. The number of Topliss-reactive ketones (excluding diaryl/α,β-unsaturated/α-hetero) is 2. The first-order valence-electron chi connectivity index (χ1n) is 9.86. The van der Waals surface area contributed by atoms with Crippen LogP contribution in [0.1, 0.15) is 67.2 Å². The zero-order chi connectivity index (χ0) is 20.3. The lowest BCUT2D eigenvalue weighted by molar-refractivity contribution is -0.141. The van der Waals surface area contributed by atoms with E-state index >= 15 is 0 Å². The van der Waals surface area contributed by atoms with Crippen LogP contribution in [0.3, 0.4) is 0 Å². The Balaban J connectivity index is 2.23. The molecule has 3 unspecified atom stereocenters. The number of carbonyl (C=O) groups excluding carboxylic acids is 3. The van der Waals surface area contributed by atoms with Crippen LogP contribution in [0.2, 0.25) is 0 Å². The number of ketones is 2. The third-order valence-electron chi connectivity index (χ3n) is 6.85. The van der Waals surface area contributed by atoms with E-state index in [9.17, 15) is 19.5 Å². The van der Waals surface area contributed by atoms with Crippen molar-refractivity contribution in [1.82, 2.24) is 0 Å². The van der Waals surface area contributed by atoms with Crippen LogP contribution in [-0.4, -0.2) is 28.7 Å². The fourth-order valence-corrected chi connectivity index (χ4v) is 5.72. The van der Waals surface area contributed by atoms with Crippen LogP contribution in [0.4, 0.5) is 0 Å². The Morgan fingerprint density at radius 2 is 1.78 bits per heavy atom.